The maximum absolute atomic E-state index is 13.3. The molecule has 0 bridgehead atoms. The van der Waals surface area contributed by atoms with Crippen molar-refractivity contribution in [3.05, 3.63) is 18.5 Å². The Kier molecular flexibility index (Phi) is 4.99. The molecule has 3 saturated heterocycles. The van der Waals surface area contributed by atoms with Crippen molar-refractivity contribution in [2.75, 3.05) is 50.7 Å². The van der Waals surface area contributed by atoms with Crippen LogP contribution in [0.15, 0.2) is 18.5 Å². The normalized spacial score (nSPS) is 33.0. The summed E-state index contributed by atoms with van der Waals surface area (Å²) in [6.45, 7) is 3.93. The van der Waals surface area contributed by atoms with Gasteiger partial charge < -0.3 is 15.1 Å². The average Bonchev–Trinajstić information content (AvgIpc) is 3.29. The summed E-state index contributed by atoms with van der Waals surface area (Å²) in [4.78, 5) is 26.9. The smallest absolute Gasteiger partial charge is 0.239 e. The minimum absolute atomic E-state index is 0.126. The van der Waals surface area contributed by atoms with E-state index in [1.165, 1.54) is 4.90 Å². The Labute approximate surface area is 151 Å². The van der Waals surface area contributed by atoms with Crippen molar-refractivity contribution in [2.45, 2.75) is 30.8 Å². The number of carbonyl (C=O) groups is 1. The monoisotopic (exact) mass is 366 g/mol. The largest absolute Gasteiger partial charge is 0.338 e. The number of hydrogen-bond donors (Lipinski definition) is 1. The van der Waals surface area contributed by atoms with Gasteiger partial charge in [0, 0.05) is 51.2 Å². The molecular formula is C17H24F2N6O. The first kappa shape index (κ1) is 17.5. The van der Waals surface area contributed by atoms with Crippen molar-refractivity contribution in [1.82, 2.24) is 25.1 Å². The number of hydrogen-bond acceptors (Lipinski definition) is 6. The number of nitrogens with zero attached hydrogens (tertiary/aromatic N) is 5. The Morgan fingerprint density at radius 1 is 1.08 bits per heavy atom. The maximum atomic E-state index is 13.3. The van der Waals surface area contributed by atoms with E-state index in [9.17, 15) is 13.6 Å². The highest BCUT2D eigenvalue weighted by Gasteiger charge is 2.41. The minimum atomic E-state index is -1.55. The number of rotatable bonds is 3. The Balaban J connectivity index is 1.28. The summed E-state index contributed by atoms with van der Waals surface area (Å²) < 4.78 is 26.7. The molecule has 142 valence electrons. The number of carbonyl (C=O) groups excluding carboxylic acids is 1. The predicted molar refractivity (Wildman–Crippen MR) is 92.4 cm³/mol. The van der Waals surface area contributed by atoms with Crippen LogP contribution in [0.5, 0.6) is 0 Å². The molecule has 3 fully saturated rings. The summed E-state index contributed by atoms with van der Waals surface area (Å²) in [7, 11) is 0. The molecule has 0 spiro atoms. The van der Waals surface area contributed by atoms with E-state index in [2.05, 4.69) is 25.1 Å². The molecule has 26 heavy (non-hydrogen) atoms. The second-order valence-electron chi connectivity index (χ2n) is 7.20. The van der Waals surface area contributed by atoms with Crippen molar-refractivity contribution in [3.8, 4) is 0 Å². The van der Waals surface area contributed by atoms with Gasteiger partial charge in [0.25, 0.3) is 0 Å². The van der Waals surface area contributed by atoms with E-state index in [0.717, 1.165) is 38.7 Å². The predicted octanol–water partition coefficient (Wildman–Crippen LogP) is -0.152. The Morgan fingerprint density at radius 2 is 1.73 bits per heavy atom. The zero-order valence-corrected chi connectivity index (χ0v) is 14.6. The standard InChI is InChI=1S/C17H24F2N6O/c18-13-10-25(11-14(13)19)16(26)15-8-12(9-22-15)23-4-6-24(7-5-23)17-20-2-1-3-21-17/h1-3,12-15,22H,4-11H2/t12-,13?,14?,15-/m0/s1. The van der Waals surface area contributed by atoms with Crippen LogP contribution >= 0.6 is 0 Å². The molecule has 0 saturated carbocycles. The lowest BCUT2D eigenvalue weighted by Gasteiger charge is -2.37. The van der Waals surface area contributed by atoms with Crippen LogP contribution in [0.25, 0.3) is 0 Å². The summed E-state index contributed by atoms with van der Waals surface area (Å²) >= 11 is 0. The first-order chi connectivity index (χ1) is 12.6. The van der Waals surface area contributed by atoms with Crippen LogP contribution in [0.2, 0.25) is 0 Å². The van der Waals surface area contributed by atoms with Crippen molar-refractivity contribution in [2.24, 2.45) is 0 Å². The molecule has 0 aromatic carbocycles. The van der Waals surface area contributed by atoms with E-state index in [1.807, 2.05) is 0 Å². The van der Waals surface area contributed by atoms with Gasteiger partial charge in [-0.3, -0.25) is 9.69 Å². The Bertz CT molecular complexity index is 617. The van der Waals surface area contributed by atoms with Crippen LogP contribution < -0.4 is 10.2 Å². The third-order valence-electron chi connectivity index (χ3n) is 5.57. The van der Waals surface area contributed by atoms with Gasteiger partial charge >= 0.3 is 0 Å². The van der Waals surface area contributed by atoms with Crippen LogP contribution in [0, 0.1) is 0 Å². The third kappa shape index (κ3) is 3.50. The topological polar surface area (TPSA) is 64.6 Å². The molecule has 1 aromatic rings. The van der Waals surface area contributed by atoms with Gasteiger partial charge in [-0.1, -0.05) is 0 Å². The van der Waals surface area contributed by atoms with Crippen molar-refractivity contribution in [1.29, 1.82) is 0 Å². The number of piperazine rings is 1. The molecule has 1 amide bonds. The lowest BCUT2D eigenvalue weighted by Crippen LogP contribution is -2.51. The molecular weight excluding hydrogens is 342 g/mol. The SMILES string of the molecule is O=C([C@@H]1C[C@H](N2CCN(c3ncccn3)CC2)CN1)N1CC(F)C(F)C1. The van der Waals surface area contributed by atoms with Crippen LogP contribution in [-0.4, -0.2) is 95.9 Å². The molecule has 4 atom stereocenters. The van der Waals surface area contributed by atoms with E-state index in [0.29, 0.717) is 6.42 Å². The number of anilines is 1. The van der Waals surface area contributed by atoms with Crippen LogP contribution in [0.3, 0.4) is 0 Å². The number of amides is 1. The summed E-state index contributed by atoms with van der Waals surface area (Å²) in [6, 6.07) is 1.73. The molecule has 3 aliphatic rings. The zero-order valence-electron chi connectivity index (χ0n) is 14.6. The molecule has 1 aromatic heterocycles. The molecule has 0 aliphatic carbocycles. The summed E-state index contributed by atoms with van der Waals surface area (Å²) in [5.74, 6) is 0.576. The van der Waals surface area contributed by atoms with Gasteiger partial charge in [-0.2, -0.15) is 0 Å². The van der Waals surface area contributed by atoms with Gasteiger partial charge in [-0.05, 0) is 12.5 Å². The van der Waals surface area contributed by atoms with Gasteiger partial charge in [0.2, 0.25) is 11.9 Å². The van der Waals surface area contributed by atoms with E-state index < -0.39 is 12.3 Å². The van der Waals surface area contributed by atoms with E-state index in [1.54, 1.807) is 18.5 Å². The quantitative estimate of drug-likeness (QED) is 0.803. The first-order valence-corrected chi connectivity index (χ1v) is 9.18. The Morgan fingerprint density at radius 3 is 2.38 bits per heavy atom. The van der Waals surface area contributed by atoms with Gasteiger partial charge in [0.05, 0.1) is 19.1 Å². The molecule has 4 rings (SSSR count). The van der Waals surface area contributed by atoms with Crippen molar-refractivity contribution < 1.29 is 13.6 Å². The van der Waals surface area contributed by atoms with Gasteiger partial charge in [-0.15, -0.1) is 0 Å². The first-order valence-electron chi connectivity index (χ1n) is 9.18. The number of likely N-dealkylation sites (tertiary alicyclic amines) is 1. The summed E-state index contributed by atoms with van der Waals surface area (Å²) in [6.07, 6.45) is 1.07. The third-order valence-corrected chi connectivity index (χ3v) is 5.57. The highest BCUT2D eigenvalue weighted by Crippen LogP contribution is 2.22. The number of alkyl halides is 2. The number of aromatic nitrogens is 2. The summed E-state index contributed by atoms with van der Waals surface area (Å²) in [5.41, 5.74) is 0. The fourth-order valence-corrected chi connectivity index (χ4v) is 4.05. The van der Waals surface area contributed by atoms with Crippen molar-refractivity contribution in [3.63, 3.8) is 0 Å². The minimum Gasteiger partial charge on any atom is -0.338 e. The number of halogens is 2. The van der Waals surface area contributed by atoms with E-state index in [4.69, 9.17) is 0 Å². The number of nitrogens with one attached hydrogen (secondary N) is 1. The summed E-state index contributed by atoms with van der Waals surface area (Å²) in [5, 5.41) is 3.24. The van der Waals surface area contributed by atoms with Gasteiger partial charge in [0.1, 0.15) is 0 Å². The zero-order chi connectivity index (χ0) is 18.1. The molecule has 0 radical (unpaired) electrons. The van der Waals surface area contributed by atoms with Crippen LogP contribution in [0.1, 0.15) is 6.42 Å². The molecule has 3 aliphatic heterocycles. The second kappa shape index (κ2) is 7.40. The molecule has 7 nitrogen and oxygen atoms in total. The van der Waals surface area contributed by atoms with E-state index in [-0.39, 0.29) is 31.1 Å². The fraction of sp³-hybridized carbons (Fsp3) is 0.706. The molecule has 1 N–H and O–H groups in total. The lowest BCUT2D eigenvalue weighted by molar-refractivity contribution is -0.132. The van der Waals surface area contributed by atoms with Gasteiger partial charge in [0.15, 0.2) is 12.3 Å². The Hall–Kier alpha value is -1.87. The molecule has 4 heterocycles. The van der Waals surface area contributed by atoms with Crippen LogP contribution in [0.4, 0.5) is 14.7 Å². The average molecular weight is 366 g/mol. The van der Waals surface area contributed by atoms with Crippen LogP contribution in [-0.2, 0) is 4.79 Å². The maximum Gasteiger partial charge on any atom is 0.239 e. The fourth-order valence-electron chi connectivity index (χ4n) is 4.05. The molecule has 2 unspecified atom stereocenters. The van der Waals surface area contributed by atoms with Gasteiger partial charge in [-0.25, -0.2) is 18.7 Å². The molecule has 9 heteroatoms. The second-order valence-corrected chi connectivity index (χ2v) is 7.20. The highest BCUT2D eigenvalue weighted by atomic mass is 19.2. The van der Waals surface area contributed by atoms with Crippen molar-refractivity contribution >= 4 is 11.9 Å². The lowest BCUT2D eigenvalue weighted by atomic mass is 10.1. The van der Waals surface area contributed by atoms with E-state index >= 15 is 0 Å². The highest BCUT2D eigenvalue weighted by molar-refractivity contribution is 5.82.